The number of nitrogens with zero attached hydrogens (tertiary/aromatic N) is 2. The zero-order valence-corrected chi connectivity index (χ0v) is 19.3. The summed E-state index contributed by atoms with van der Waals surface area (Å²) in [5.74, 6) is 0.311. The Morgan fingerprint density at radius 1 is 1.24 bits per heavy atom. The first-order chi connectivity index (χ1) is 13.7. The smallest absolute Gasteiger partial charge is 0.270 e. The van der Waals surface area contributed by atoms with Crippen LogP contribution in [0.15, 0.2) is 47.4 Å². The van der Waals surface area contributed by atoms with E-state index in [1.165, 1.54) is 17.3 Å². The van der Waals surface area contributed by atoms with Crippen molar-refractivity contribution < 1.29 is 4.79 Å². The van der Waals surface area contributed by atoms with Gasteiger partial charge in [-0.25, -0.2) is 0 Å². The summed E-state index contributed by atoms with van der Waals surface area (Å²) in [6, 6.07) is 13.6. The Balaban J connectivity index is 1.72. The van der Waals surface area contributed by atoms with E-state index in [0.717, 1.165) is 23.4 Å². The highest BCUT2D eigenvalue weighted by Crippen LogP contribution is 2.45. The number of fused-ring (bicyclic) bond motifs is 1. The Morgan fingerprint density at radius 3 is 2.62 bits per heavy atom. The molecule has 0 spiro atoms. The Morgan fingerprint density at radius 2 is 1.93 bits per heavy atom. The summed E-state index contributed by atoms with van der Waals surface area (Å²) in [6.07, 6.45) is 2.94. The Hall–Kier alpha value is -1.82. The maximum absolute atomic E-state index is 13.0. The second-order valence-corrected chi connectivity index (χ2v) is 10.3. The summed E-state index contributed by atoms with van der Waals surface area (Å²) in [4.78, 5) is 17.5. The Kier molecular flexibility index (Phi) is 5.26. The lowest BCUT2D eigenvalue weighted by Crippen LogP contribution is -2.45. The van der Waals surface area contributed by atoms with Crippen LogP contribution in [0, 0.1) is 0 Å². The van der Waals surface area contributed by atoms with E-state index in [9.17, 15) is 4.79 Å². The lowest BCUT2D eigenvalue weighted by molar-refractivity contribution is -0.113. The molecule has 2 heterocycles. The second-order valence-electron chi connectivity index (χ2n) is 8.26. The number of thiocarbonyl (C=S) groups is 1. The molecule has 1 unspecified atom stereocenters. The van der Waals surface area contributed by atoms with E-state index in [2.05, 4.69) is 38.8 Å². The maximum atomic E-state index is 13.0. The average Bonchev–Trinajstić information content (AvgIpc) is 2.95. The largest absolute Gasteiger partial charge is 0.369 e. The second kappa shape index (κ2) is 7.46. The molecule has 0 radical (unpaired) electrons. The van der Waals surface area contributed by atoms with Crippen molar-refractivity contribution in [2.45, 2.75) is 38.6 Å². The first-order valence-electron chi connectivity index (χ1n) is 9.59. The normalized spacial score (nSPS) is 22.4. The van der Waals surface area contributed by atoms with Crippen LogP contribution in [0.25, 0.3) is 6.08 Å². The van der Waals surface area contributed by atoms with Gasteiger partial charge in [0.25, 0.3) is 5.91 Å². The van der Waals surface area contributed by atoms with E-state index in [4.69, 9.17) is 23.8 Å². The third-order valence-corrected chi connectivity index (χ3v) is 7.48. The fourth-order valence-electron chi connectivity index (χ4n) is 4.12. The van der Waals surface area contributed by atoms with Gasteiger partial charge in [0.05, 0.1) is 10.6 Å². The van der Waals surface area contributed by atoms with Crippen LogP contribution in [-0.4, -0.2) is 22.8 Å². The molecule has 0 N–H and O–H groups in total. The number of amides is 1. The molecule has 3 nitrogen and oxygen atoms in total. The van der Waals surface area contributed by atoms with Crippen LogP contribution < -0.4 is 9.80 Å². The number of rotatable bonds is 2. The van der Waals surface area contributed by atoms with Gasteiger partial charge >= 0.3 is 0 Å². The van der Waals surface area contributed by atoms with Gasteiger partial charge in [0, 0.05) is 23.3 Å². The summed E-state index contributed by atoms with van der Waals surface area (Å²) < 4.78 is 0.538. The number of halogens is 1. The molecule has 29 heavy (non-hydrogen) atoms. The lowest BCUT2D eigenvalue weighted by Gasteiger charge is -2.45. The maximum Gasteiger partial charge on any atom is 0.270 e. The predicted molar refractivity (Wildman–Crippen MR) is 129 cm³/mol. The molecule has 0 saturated carbocycles. The van der Waals surface area contributed by atoms with E-state index in [1.807, 2.05) is 42.5 Å². The van der Waals surface area contributed by atoms with Crippen molar-refractivity contribution in [3.8, 4) is 0 Å². The number of thioether (sulfide) groups is 1. The van der Waals surface area contributed by atoms with Gasteiger partial charge in [-0.3, -0.25) is 9.69 Å². The lowest BCUT2D eigenvalue weighted by atomic mass is 9.80. The summed E-state index contributed by atoms with van der Waals surface area (Å²) in [5, 5.41) is 0.644. The van der Waals surface area contributed by atoms with Crippen LogP contribution >= 0.6 is 35.6 Å². The number of hydrogen-bond donors (Lipinski definition) is 0. The standard InChI is InChI=1S/C23H23ClN2OS2/c1-14-13-23(2,3)25(4)19-12-18(24)15(10-17(14)19)11-20-21(27)26(22(28)29-20)16-8-6-5-7-9-16/h5-12,14H,13H2,1-4H3/b20-11-. The van der Waals surface area contributed by atoms with Gasteiger partial charge in [-0.2, -0.15) is 0 Å². The molecule has 150 valence electrons. The minimum absolute atomic E-state index is 0.0787. The monoisotopic (exact) mass is 442 g/mol. The molecule has 1 saturated heterocycles. The summed E-state index contributed by atoms with van der Waals surface area (Å²) in [5.41, 5.74) is 4.15. The van der Waals surface area contributed by atoms with E-state index < -0.39 is 0 Å². The molecule has 1 amide bonds. The van der Waals surface area contributed by atoms with Crippen LogP contribution in [0.5, 0.6) is 0 Å². The van der Waals surface area contributed by atoms with Crippen molar-refractivity contribution in [1.82, 2.24) is 0 Å². The topological polar surface area (TPSA) is 23.6 Å². The van der Waals surface area contributed by atoms with Crippen molar-refractivity contribution in [3.05, 3.63) is 63.5 Å². The molecule has 0 bridgehead atoms. The molecule has 4 rings (SSSR count). The van der Waals surface area contributed by atoms with E-state index in [0.29, 0.717) is 20.2 Å². The zero-order chi connectivity index (χ0) is 20.9. The number of para-hydroxylation sites is 1. The molecule has 2 aliphatic rings. The van der Waals surface area contributed by atoms with Gasteiger partial charge in [-0.15, -0.1) is 0 Å². The Labute approximate surface area is 186 Å². The van der Waals surface area contributed by atoms with Crippen molar-refractivity contribution in [2.24, 2.45) is 0 Å². The van der Waals surface area contributed by atoms with Crippen LogP contribution in [0.2, 0.25) is 5.02 Å². The summed E-state index contributed by atoms with van der Waals surface area (Å²) >= 11 is 13.4. The van der Waals surface area contributed by atoms with Crippen LogP contribution in [0.1, 0.15) is 44.2 Å². The Bertz CT molecular complexity index is 1030. The van der Waals surface area contributed by atoms with Crippen molar-refractivity contribution >= 4 is 63.3 Å². The number of anilines is 2. The first-order valence-corrected chi connectivity index (χ1v) is 11.2. The third kappa shape index (κ3) is 3.60. The molecule has 6 heteroatoms. The molecule has 1 fully saturated rings. The molecular formula is C23H23ClN2OS2. The molecular weight excluding hydrogens is 420 g/mol. The number of carbonyl (C=O) groups excluding carboxylic acids is 1. The predicted octanol–water partition coefficient (Wildman–Crippen LogP) is 6.47. The van der Waals surface area contributed by atoms with Gasteiger partial charge in [0.2, 0.25) is 0 Å². The first kappa shape index (κ1) is 20.5. The van der Waals surface area contributed by atoms with E-state index >= 15 is 0 Å². The van der Waals surface area contributed by atoms with Crippen molar-refractivity contribution in [2.75, 3.05) is 16.8 Å². The minimum Gasteiger partial charge on any atom is -0.369 e. The van der Waals surface area contributed by atoms with Crippen molar-refractivity contribution in [1.29, 1.82) is 0 Å². The molecule has 2 aromatic rings. The minimum atomic E-state index is -0.105. The number of carbonyl (C=O) groups is 1. The fraction of sp³-hybridized carbons (Fsp3) is 0.304. The third-order valence-electron chi connectivity index (χ3n) is 5.85. The highest BCUT2D eigenvalue weighted by Gasteiger charge is 2.36. The molecule has 2 aromatic carbocycles. The SMILES string of the molecule is CC1CC(C)(C)N(C)c2cc(Cl)c(/C=C3\SC(=S)N(c4ccccc4)C3=O)cc21. The van der Waals surface area contributed by atoms with Crippen molar-refractivity contribution in [3.63, 3.8) is 0 Å². The van der Waals surface area contributed by atoms with Gasteiger partial charge in [-0.05, 0) is 67.7 Å². The molecule has 0 aliphatic carbocycles. The van der Waals surface area contributed by atoms with Crippen LogP contribution in [-0.2, 0) is 4.79 Å². The summed E-state index contributed by atoms with van der Waals surface area (Å²) in [7, 11) is 2.12. The van der Waals surface area contributed by atoms with Gasteiger partial charge in [-0.1, -0.05) is 60.7 Å². The quantitative estimate of drug-likeness (QED) is 0.393. The van der Waals surface area contributed by atoms with Gasteiger partial charge in [0.15, 0.2) is 4.32 Å². The number of benzene rings is 2. The molecule has 0 aromatic heterocycles. The van der Waals surface area contributed by atoms with Crippen LogP contribution in [0.4, 0.5) is 11.4 Å². The summed E-state index contributed by atoms with van der Waals surface area (Å²) in [6.45, 7) is 6.76. The molecule has 2 aliphatic heterocycles. The average molecular weight is 443 g/mol. The fourth-order valence-corrected chi connectivity index (χ4v) is 5.63. The number of hydrogen-bond acceptors (Lipinski definition) is 4. The van der Waals surface area contributed by atoms with Gasteiger partial charge < -0.3 is 4.90 Å². The van der Waals surface area contributed by atoms with Crippen LogP contribution in [0.3, 0.4) is 0 Å². The van der Waals surface area contributed by atoms with E-state index in [1.54, 1.807) is 4.90 Å². The highest BCUT2D eigenvalue weighted by molar-refractivity contribution is 8.27. The molecule has 1 atom stereocenters. The van der Waals surface area contributed by atoms with Gasteiger partial charge in [0.1, 0.15) is 0 Å². The highest BCUT2D eigenvalue weighted by atomic mass is 35.5. The van der Waals surface area contributed by atoms with E-state index in [-0.39, 0.29) is 11.4 Å². The zero-order valence-electron chi connectivity index (χ0n) is 16.9.